The van der Waals surface area contributed by atoms with Gasteiger partial charge in [-0.15, -0.1) is 10.2 Å². The van der Waals surface area contributed by atoms with Gasteiger partial charge in [0.05, 0.1) is 34.6 Å². The van der Waals surface area contributed by atoms with E-state index >= 15 is 0 Å². The van der Waals surface area contributed by atoms with E-state index in [0.29, 0.717) is 49.7 Å². The van der Waals surface area contributed by atoms with E-state index < -0.39 is 0 Å². The molecule has 160 valence electrons. The van der Waals surface area contributed by atoms with E-state index in [4.69, 9.17) is 20.8 Å². The van der Waals surface area contributed by atoms with Crippen LogP contribution in [0.5, 0.6) is 5.75 Å². The first-order valence-electron chi connectivity index (χ1n) is 10.3. The zero-order valence-corrected chi connectivity index (χ0v) is 18.2. The quantitative estimate of drug-likeness (QED) is 0.261. The van der Waals surface area contributed by atoms with Gasteiger partial charge in [-0.25, -0.2) is 0 Å². The zero-order valence-electron chi connectivity index (χ0n) is 17.4. The lowest BCUT2D eigenvalue weighted by atomic mass is 10.1. The molecule has 0 spiro atoms. The standard InChI is InChI=1S/C26H16ClN3O3/c1-32-18-11-12-19-22(14-18)33-25-23(24(19)31)21-13-6-15-4-2-3-5-20(15)30(21)26(25)29-28-17-9-7-16(27)8-10-17/h2-14H,1H3. The second kappa shape index (κ2) is 7.46. The molecule has 0 aliphatic carbocycles. The third-order valence-electron chi connectivity index (χ3n) is 5.70. The Hall–Kier alpha value is -4.16. The number of para-hydroxylation sites is 1. The molecule has 6 nitrogen and oxygen atoms in total. The number of azo groups is 1. The SMILES string of the molecule is COc1ccc2c(=O)c3c(oc2c1)c(N=Nc1ccc(Cl)cc1)n1c2ccccc2ccc31. The van der Waals surface area contributed by atoms with Gasteiger partial charge in [0.2, 0.25) is 11.2 Å². The third-order valence-corrected chi connectivity index (χ3v) is 5.95. The second-order valence-corrected chi connectivity index (χ2v) is 8.05. The Kier molecular flexibility index (Phi) is 4.41. The van der Waals surface area contributed by atoms with Crippen LogP contribution in [0.3, 0.4) is 0 Å². The predicted molar refractivity (Wildman–Crippen MR) is 131 cm³/mol. The van der Waals surface area contributed by atoms with Crippen molar-refractivity contribution in [2.45, 2.75) is 0 Å². The van der Waals surface area contributed by atoms with Crippen LogP contribution in [0.2, 0.25) is 5.02 Å². The van der Waals surface area contributed by atoms with Gasteiger partial charge in [-0.3, -0.25) is 9.20 Å². The first kappa shape index (κ1) is 19.5. The molecular weight excluding hydrogens is 438 g/mol. The number of ether oxygens (including phenoxy) is 1. The molecule has 0 aliphatic rings. The summed E-state index contributed by atoms with van der Waals surface area (Å²) in [6.45, 7) is 0. The van der Waals surface area contributed by atoms with Crippen LogP contribution in [0, 0.1) is 0 Å². The monoisotopic (exact) mass is 453 g/mol. The average molecular weight is 454 g/mol. The molecule has 0 saturated carbocycles. The zero-order chi connectivity index (χ0) is 22.5. The molecule has 6 aromatic rings. The highest BCUT2D eigenvalue weighted by atomic mass is 35.5. The molecule has 33 heavy (non-hydrogen) atoms. The van der Waals surface area contributed by atoms with E-state index in [2.05, 4.69) is 10.2 Å². The number of rotatable bonds is 3. The fraction of sp³-hybridized carbons (Fsp3) is 0.0385. The van der Waals surface area contributed by atoms with Crippen LogP contribution in [0.1, 0.15) is 0 Å². The van der Waals surface area contributed by atoms with Gasteiger partial charge in [-0.2, -0.15) is 0 Å². The van der Waals surface area contributed by atoms with Crippen molar-refractivity contribution in [2.75, 3.05) is 7.11 Å². The van der Waals surface area contributed by atoms with Crippen LogP contribution >= 0.6 is 11.6 Å². The lowest BCUT2D eigenvalue weighted by Crippen LogP contribution is -2.01. The van der Waals surface area contributed by atoms with Gasteiger partial charge >= 0.3 is 0 Å². The molecule has 0 N–H and O–H groups in total. The van der Waals surface area contributed by atoms with Crippen LogP contribution in [-0.2, 0) is 0 Å². The largest absolute Gasteiger partial charge is 0.497 e. The molecule has 0 radical (unpaired) electrons. The Morgan fingerprint density at radius 2 is 1.73 bits per heavy atom. The van der Waals surface area contributed by atoms with E-state index in [1.165, 1.54) is 0 Å². The van der Waals surface area contributed by atoms with Crippen molar-refractivity contribution in [2.24, 2.45) is 10.2 Å². The van der Waals surface area contributed by atoms with E-state index in [1.54, 1.807) is 49.6 Å². The van der Waals surface area contributed by atoms with Crippen molar-refractivity contribution >= 4 is 61.5 Å². The lowest BCUT2D eigenvalue weighted by molar-refractivity contribution is 0.414. The predicted octanol–water partition coefficient (Wildman–Crippen LogP) is 7.43. The Labute approximate surface area is 192 Å². The molecule has 0 fully saturated rings. The van der Waals surface area contributed by atoms with Gasteiger partial charge in [-0.05, 0) is 53.9 Å². The molecule has 0 unspecified atom stereocenters. The summed E-state index contributed by atoms with van der Waals surface area (Å²) in [6, 6.07) is 24.0. The van der Waals surface area contributed by atoms with Crippen molar-refractivity contribution in [3.63, 3.8) is 0 Å². The number of halogens is 1. The Morgan fingerprint density at radius 3 is 2.55 bits per heavy atom. The summed E-state index contributed by atoms with van der Waals surface area (Å²) in [7, 11) is 1.57. The van der Waals surface area contributed by atoms with E-state index in [9.17, 15) is 4.79 Å². The van der Waals surface area contributed by atoms with Gasteiger partial charge in [0.15, 0.2) is 5.58 Å². The Morgan fingerprint density at radius 1 is 0.909 bits per heavy atom. The molecule has 7 heteroatoms. The molecule has 0 saturated heterocycles. The van der Waals surface area contributed by atoms with Gasteiger partial charge in [0, 0.05) is 11.1 Å². The molecule has 0 amide bonds. The van der Waals surface area contributed by atoms with Gasteiger partial charge in [-0.1, -0.05) is 35.9 Å². The van der Waals surface area contributed by atoms with E-state index in [1.807, 2.05) is 40.8 Å². The summed E-state index contributed by atoms with van der Waals surface area (Å²) in [5, 5.41) is 11.5. The van der Waals surface area contributed by atoms with Gasteiger partial charge in [0.1, 0.15) is 11.3 Å². The first-order chi connectivity index (χ1) is 16.1. The van der Waals surface area contributed by atoms with Crippen LogP contribution in [0.15, 0.2) is 98.3 Å². The maximum atomic E-state index is 13.6. The number of fused-ring (bicyclic) bond motifs is 6. The third kappa shape index (κ3) is 3.07. The summed E-state index contributed by atoms with van der Waals surface area (Å²) in [5.74, 6) is 1.04. The average Bonchev–Trinajstić information content (AvgIpc) is 3.17. The number of aromatic nitrogens is 1. The highest BCUT2D eigenvalue weighted by Crippen LogP contribution is 2.37. The van der Waals surface area contributed by atoms with E-state index in [-0.39, 0.29) is 5.43 Å². The van der Waals surface area contributed by atoms with Crippen molar-refractivity contribution in [1.82, 2.24) is 4.40 Å². The number of methoxy groups -OCH3 is 1. The molecule has 0 bridgehead atoms. The molecule has 6 rings (SSSR count). The fourth-order valence-corrected chi connectivity index (χ4v) is 4.25. The molecule has 0 aliphatic heterocycles. The molecule has 3 aromatic carbocycles. The fourth-order valence-electron chi connectivity index (χ4n) is 4.12. The number of hydrogen-bond donors (Lipinski definition) is 0. The van der Waals surface area contributed by atoms with Gasteiger partial charge < -0.3 is 9.15 Å². The Bertz CT molecular complexity index is 1780. The molecule has 0 atom stereocenters. The minimum absolute atomic E-state index is 0.130. The minimum Gasteiger partial charge on any atom is -0.497 e. The van der Waals surface area contributed by atoms with Crippen molar-refractivity contribution in [3.8, 4) is 5.75 Å². The highest BCUT2D eigenvalue weighted by molar-refractivity contribution is 6.30. The smallest absolute Gasteiger partial charge is 0.204 e. The maximum absolute atomic E-state index is 13.6. The number of pyridine rings is 1. The van der Waals surface area contributed by atoms with Crippen molar-refractivity contribution < 1.29 is 9.15 Å². The van der Waals surface area contributed by atoms with Crippen LogP contribution < -0.4 is 10.2 Å². The molecule has 3 heterocycles. The van der Waals surface area contributed by atoms with Crippen molar-refractivity contribution in [3.05, 3.63) is 94.1 Å². The number of nitrogens with zero attached hydrogens (tertiary/aromatic N) is 3. The molecule has 3 aromatic heterocycles. The van der Waals surface area contributed by atoms with E-state index in [0.717, 1.165) is 10.9 Å². The summed E-state index contributed by atoms with van der Waals surface area (Å²) >= 11 is 5.99. The number of benzene rings is 3. The van der Waals surface area contributed by atoms with Crippen LogP contribution in [0.25, 0.3) is 38.4 Å². The molecular formula is C26H16ClN3O3. The second-order valence-electron chi connectivity index (χ2n) is 7.61. The lowest BCUT2D eigenvalue weighted by Gasteiger charge is -2.03. The summed E-state index contributed by atoms with van der Waals surface area (Å²) in [6.07, 6.45) is 0. The number of hydrogen-bond acceptors (Lipinski definition) is 5. The van der Waals surface area contributed by atoms with Crippen molar-refractivity contribution in [1.29, 1.82) is 0 Å². The normalized spacial score (nSPS) is 11.9. The summed E-state index contributed by atoms with van der Waals surface area (Å²) in [4.78, 5) is 13.6. The topological polar surface area (TPSA) is 68.6 Å². The highest BCUT2D eigenvalue weighted by Gasteiger charge is 2.21. The first-order valence-corrected chi connectivity index (χ1v) is 10.7. The van der Waals surface area contributed by atoms with Crippen LogP contribution in [-0.4, -0.2) is 11.5 Å². The minimum atomic E-state index is -0.130. The summed E-state index contributed by atoms with van der Waals surface area (Å²) in [5.41, 5.74) is 2.90. The van der Waals surface area contributed by atoms with Crippen LogP contribution in [0.4, 0.5) is 11.5 Å². The maximum Gasteiger partial charge on any atom is 0.204 e. The van der Waals surface area contributed by atoms with Gasteiger partial charge in [0.25, 0.3) is 0 Å². The summed E-state index contributed by atoms with van der Waals surface area (Å²) < 4.78 is 13.5. The Balaban J connectivity index is 1.76.